The SMILES string of the molecule is Nc1nc2ccccc2c2c1ncn2CCCCNC(=O)CC(c1ccccc1)c1ccccc1. The van der Waals surface area contributed by atoms with Crippen molar-refractivity contribution in [3.63, 3.8) is 0 Å². The Bertz CT molecular complexity index is 1390. The van der Waals surface area contributed by atoms with Gasteiger partial charge >= 0.3 is 0 Å². The number of carbonyl (C=O) groups excluding carboxylic acids is 1. The molecule has 2 heterocycles. The first-order chi connectivity index (χ1) is 17.2. The molecule has 0 spiro atoms. The lowest BCUT2D eigenvalue weighted by Crippen LogP contribution is -2.26. The fourth-order valence-electron chi connectivity index (χ4n) is 4.67. The van der Waals surface area contributed by atoms with Crippen molar-refractivity contribution < 1.29 is 4.79 Å². The zero-order valence-electron chi connectivity index (χ0n) is 19.6. The number of hydrogen-bond donors (Lipinski definition) is 2. The zero-order chi connectivity index (χ0) is 24.0. The molecule has 0 saturated heterocycles. The van der Waals surface area contributed by atoms with Crippen molar-refractivity contribution in [3.05, 3.63) is 102 Å². The first kappa shape index (κ1) is 22.6. The minimum atomic E-state index is 0.0436. The number of aromatic nitrogens is 3. The minimum Gasteiger partial charge on any atom is -0.382 e. The van der Waals surface area contributed by atoms with Gasteiger partial charge in [0.2, 0.25) is 5.91 Å². The summed E-state index contributed by atoms with van der Waals surface area (Å²) >= 11 is 0. The number of rotatable bonds is 9. The fraction of sp³-hybridized carbons (Fsp3) is 0.207. The molecule has 176 valence electrons. The number of aryl methyl sites for hydroxylation is 1. The molecule has 0 saturated carbocycles. The molecular weight excluding hydrogens is 434 g/mol. The number of para-hydroxylation sites is 1. The summed E-state index contributed by atoms with van der Waals surface area (Å²) in [5.41, 5.74) is 11.1. The Kier molecular flexibility index (Phi) is 6.70. The lowest BCUT2D eigenvalue weighted by Gasteiger charge is -2.18. The highest BCUT2D eigenvalue weighted by molar-refractivity contribution is 6.06. The number of imidazole rings is 1. The molecule has 5 rings (SSSR count). The van der Waals surface area contributed by atoms with Crippen LogP contribution in [-0.2, 0) is 11.3 Å². The van der Waals surface area contributed by atoms with E-state index < -0.39 is 0 Å². The topological polar surface area (TPSA) is 85.8 Å². The van der Waals surface area contributed by atoms with Gasteiger partial charge < -0.3 is 15.6 Å². The summed E-state index contributed by atoms with van der Waals surface area (Å²) in [5, 5.41) is 4.17. The van der Waals surface area contributed by atoms with Crippen LogP contribution in [0.4, 0.5) is 5.82 Å². The van der Waals surface area contributed by atoms with E-state index in [1.807, 2.05) is 60.9 Å². The number of pyridine rings is 1. The summed E-state index contributed by atoms with van der Waals surface area (Å²) in [6.45, 7) is 1.45. The minimum absolute atomic E-state index is 0.0436. The molecule has 3 N–H and O–H groups in total. The van der Waals surface area contributed by atoms with Gasteiger partial charge in [0.05, 0.1) is 17.4 Å². The number of nitrogens with zero attached hydrogens (tertiary/aromatic N) is 3. The van der Waals surface area contributed by atoms with Gasteiger partial charge in [-0.15, -0.1) is 0 Å². The third-order valence-electron chi connectivity index (χ3n) is 6.42. The summed E-state index contributed by atoms with van der Waals surface area (Å²) in [4.78, 5) is 21.8. The molecule has 3 aromatic carbocycles. The maximum Gasteiger partial charge on any atom is 0.220 e. The second-order valence-corrected chi connectivity index (χ2v) is 8.78. The molecule has 1 amide bonds. The van der Waals surface area contributed by atoms with Crippen molar-refractivity contribution in [2.75, 3.05) is 12.3 Å². The van der Waals surface area contributed by atoms with Crippen molar-refractivity contribution in [1.82, 2.24) is 19.9 Å². The van der Waals surface area contributed by atoms with Crippen LogP contribution in [0.1, 0.15) is 36.3 Å². The lowest BCUT2D eigenvalue weighted by molar-refractivity contribution is -0.121. The molecule has 0 atom stereocenters. The Hall–Kier alpha value is -4.19. The third-order valence-corrected chi connectivity index (χ3v) is 6.42. The smallest absolute Gasteiger partial charge is 0.220 e. The van der Waals surface area contributed by atoms with Crippen molar-refractivity contribution in [2.24, 2.45) is 0 Å². The number of benzene rings is 3. The van der Waals surface area contributed by atoms with Crippen LogP contribution in [0, 0.1) is 0 Å². The summed E-state index contributed by atoms with van der Waals surface area (Å²) in [6.07, 6.45) is 4.06. The number of nitrogens with one attached hydrogen (secondary N) is 1. The van der Waals surface area contributed by atoms with E-state index in [0.717, 1.165) is 52.4 Å². The van der Waals surface area contributed by atoms with Gasteiger partial charge in [0, 0.05) is 30.8 Å². The Morgan fingerprint density at radius 2 is 1.54 bits per heavy atom. The van der Waals surface area contributed by atoms with E-state index >= 15 is 0 Å². The third kappa shape index (κ3) is 5.01. The number of amides is 1. The van der Waals surface area contributed by atoms with Gasteiger partial charge in [-0.1, -0.05) is 78.9 Å². The quantitative estimate of drug-likeness (QED) is 0.291. The Morgan fingerprint density at radius 3 is 2.26 bits per heavy atom. The second kappa shape index (κ2) is 10.4. The van der Waals surface area contributed by atoms with Gasteiger partial charge in [-0.2, -0.15) is 0 Å². The number of unbranched alkanes of at least 4 members (excludes halogenated alkanes) is 1. The van der Waals surface area contributed by atoms with Crippen LogP contribution >= 0.6 is 0 Å². The number of carbonyl (C=O) groups is 1. The molecule has 0 fully saturated rings. The average molecular weight is 464 g/mol. The summed E-state index contributed by atoms with van der Waals surface area (Å²) in [7, 11) is 0. The largest absolute Gasteiger partial charge is 0.382 e. The van der Waals surface area contributed by atoms with E-state index in [-0.39, 0.29) is 11.8 Å². The van der Waals surface area contributed by atoms with E-state index in [4.69, 9.17) is 5.73 Å². The van der Waals surface area contributed by atoms with Crippen molar-refractivity contribution in [1.29, 1.82) is 0 Å². The van der Waals surface area contributed by atoms with Crippen LogP contribution in [0.25, 0.3) is 21.9 Å². The highest BCUT2D eigenvalue weighted by atomic mass is 16.1. The van der Waals surface area contributed by atoms with E-state index in [1.165, 1.54) is 0 Å². The van der Waals surface area contributed by atoms with Crippen molar-refractivity contribution >= 4 is 33.7 Å². The van der Waals surface area contributed by atoms with Crippen LogP contribution in [0.15, 0.2) is 91.3 Å². The molecule has 0 aliphatic heterocycles. The molecule has 5 aromatic rings. The van der Waals surface area contributed by atoms with Crippen molar-refractivity contribution in [2.45, 2.75) is 31.7 Å². The molecule has 6 nitrogen and oxygen atoms in total. The zero-order valence-corrected chi connectivity index (χ0v) is 19.6. The monoisotopic (exact) mass is 463 g/mol. The first-order valence-electron chi connectivity index (χ1n) is 12.1. The molecule has 0 aliphatic rings. The Morgan fingerprint density at radius 1 is 0.886 bits per heavy atom. The van der Waals surface area contributed by atoms with E-state index in [9.17, 15) is 4.79 Å². The fourth-order valence-corrected chi connectivity index (χ4v) is 4.67. The van der Waals surface area contributed by atoms with Crippen LogP contribution < -0.4 is 11.1 Å². The van der Waals surface area contributed by atoms with Crippen LogP contribution in [-0.4, -0.2) is 27.0 Å². The maximum atomic E-state index is 12.8. The summed E-state index contributed by atoms with van der Waals surface area (Å²) in [5.74, 6) is 0.568. The number of nitrogen functional groups attached to an aromatic ring is 1. The average Bonchev–Trinajstić information content (AvgIpc) is 3.33. The number of anilines is 1. The molecule has 35 heavy (non-hydrogen) atoms. The van der Waals surface area contributed by atoms with Gasteiger partial charge in [0.25, 0.3) is 0 Å². The highest BCUT2D eigenvalue weighted by Crippen LogP contribution is 2.28. The highest BCUT2D eigenvalue weighted by Gasteiger charge is 2.18. The van der Waals surface area contributed by atoms with Crippen LogP contribution in [0.3, 0.4) is 0 Å². The molecule has 6 heteroatoms. The number of hydrogen-bond acceptors (Lipinski definition) is 4. The lowest BCUT2D eigenvalue weighted by atomic mass is 9.88. The van der Waals surface area contributed by atoms with Gasteiger partial charge in [-0.05, 0) is 30.0 Å². The van der Waals surface area contributed by atoms with Gasteiger partial charge in [-0.25, -0.2) is 9.97 Å². The molecule has 2 aromatic heterocycles. The predicted molar refractivity (Wildman–Crippen MR) is 141 cm³/mol. The van der Waals surface area contributed by atoms with Crippen molar-refractivity contribution in [3.8, 4) is 0 Å². The van der Waals surface area contributed by atoms with E-state index in [2.05, 4.69) is 50.2 Å². The van der Waals surface area contributed by atoms with Gasteiger partial charge in [0.15, 0.2) is 5.82 Å². The van der Waals surface area contributed by atoms with E-state index in [1.54, 1.807) is 0 Å². The first-order valence-corrected chi connectivity index (χ1v) is 12.1. The Labute approximate surface area is 204 Å². The van der Waals surface area contributed by atoms with Gasteiger partial charge in [0.1, 0.15) is 5.52 Å². The molecule has 0 bridgehead atoms. The standard InChI is InChI=1S/C29H29N5O/c30-29-27-28(23-15-7-8-16-25(23)33-29)34(20-32-27)18-10-9-17-31-26(35)19-24(21-11-3-1-4-12-21)22-13-5-2-6-14-22/h1-8,11-16,20,24H,9-10,17-19H2,(H2,30,33)(H,31,35). The van der Waals surface area contributed by atoms with Crippen LogP contribution in [0.5, 0.6) is 0 Å². The number of fused-ring (bicyclic) bond motifs is 3. The van der Waals surface area contributed by atoms with Gasteiger partial charge in [-0.3, -0.25) is 4.79 Å². The van der Waals surface area contributed by atoms with E-state index in [0.29, 0.717) is 18.8 Å². The molecule has 0 radical (unpaired) electrons. The molecule has 0 unspecified atom stereocenters. The Balaban J connectivity index is 1.18. The van der Waals surface area contributed by atoms with Crippen LogP contribution in [0.2, 0.25) is 0 Å². The molecule has 0 aliphatic carbocycles. The summed E-state index contributed by atoms with van der Waals surface area (Å²) in [6, 6.07) is 28.4. The summed E-state index contributed by atoms with van der Waals surface area (Å²) < 4.78 is 2.14. The number of nitrogens with two attached hydrogens (primary N) is 1. The maximum absolute atomic E-state index is 12.8. The molecular formula is C29H29N5O. The second-order valence-electron chi connectivity index (χ2n) is 8.78. The normalized spacial score (nSPS) is 11.3. The predicted octanol–water partition coefficient (Wildman–Crippen LogP) is 5.29.